The van der Waals surface area contributed by atoms with Gasteiger partial charge in [0.15, 0.2) is 0 Å². The molecule has 8 heteroatoms. The van der Waals surface area contributed by atoms with Crippen LogP contribution in [-0.4, -0.2) is 34.6 Å². The van der Waals surface area contributed by atoms with E-state index >= 15 is 0 Å². The van der Waals surface area contributed by atoms with E-state index < -0.39 is 4.92 Å². The van der Waals surface area contributed by atoms with Crippen LogP contribution in [0.2, 0.25) is 0 Å². The molecule has 0 spiro atoms. The Kier molecular flexibility index (Phi) is 5.37. The maximum absolute atomic E-state index is 12.1. The number of non-ortho nitro benzene ring substituents is 1. The second-order valence-electron chi connectivity index (χ2n) is 5.06. The summed E-state index contributed by atoms with van der Waals surface area (Å²) in [5, 5.41) is 15.9. The lowest BCUT2D eigenvalue weighted by Gasteiger charge is -2.24. The molecule has 7 nitrogen and oxygen atoms in total. The second-order valence-corrected chi connectivity index (χ2v) is 6.47. The van der Waals surface area contributed by atoms with E-state index in [-0.39, 0.29) is 28.8 Å². The van der Waals surface area contributed by atoms with E-state index in [1.165, 1.54) is 23.9 Å². The Balaban J connectivity index is 1.85. The van der Waals surface area contributed by atoms with Gasteiger partial charge in [0.25, 0.3) is 5.69 Å². The van der Waals surface area contributed by atoms with Gasteiger partial charge in [-0.2, -0.15) is 0 Å². The number of piperidine rings is 1. The van der Waals surface area contributed by atoms with Crippen LogP contribution in [0.15, 0.2) is 29.2 Å². The fourth-order valence-electron chi connectivity index (χ4n) is 2.08. The first-order chi connectivity index (χ1) is 10.5. The van der Waals surface area contributed by atoms with Crippen molar-refractivity contribution >= 4 is 29.3 Å². The van der Waals surface area contributed by atoms with Gasteiger partial charge in [-0.1, -0.05) is 0 Å². The molecule has 1 aliphatic rings. The van der Waals surface area contributed by atoms with Crippen LogP contribution in [0.4, 0.5) is 5.69 Å². The highest BCUT2D eigenvalue weighted by atomic mass is 32.2. The summed E-state index contributed by atoms with van der Waals surface area (Å²) in [6, 6.07) is 6.07. The Morgan fingerprint density at radius 3 is 2.68 bits per heavy atom. The molecule has 2 atom stereocenters. The fraction of sp³-hybridized carbons (Fsp3) is 0.429. The summed E-state index contributed by atoms with van der Waals surface area (Å²) in [4.78, 5) is 34.1. The van der Waals surface area contributed by atoms with Gasteiger partial charge in [-0.15, -0.1) is 11.8 Å². The van der Waals surface area contributed by atoms with E-state index in [4.69, 9.17) is 0 Å². The first kappa shape index (κ1) is 16.3. The van der Waals surface area contributed by atoms with Gasteiger partial charge in [-0.05, 0) is 25.5 Å². The third kappa shape index (κ3) is 4.45. The summed E-state index contributed by atoms with van der Waals surface area (Å²) < 4.78 is 0. The highest BCUT2D eigenvalue weighted by Gasteiger charge is 2.22. The molecule has 0 saturated carbocycles. The minimum atomic E-state index is -0.456. The van der Waals surface area contributed by atoms with Crippen molar-refractivity contribution in [3.05, 3.63) is 34.4 Å². The number of rotatable bonds is 5. The zero-order valence-electron chi connectivity index (χ0n) is 12.1. The van der Waals surface area contributed by atoms with Crippen LogP contribution in [0, 0.1) is 10.1 Å². The molecule has 1 aromatic rings. The maximum atomic E-state index is 12.1. The smallest absolute Gasteiger partial charge is 0.269 e. The Morgan fingerprint density at radius 1 is 1.45 bits per heavy atom. The van der Waals surface area contributed by atoms with Gasteiger partial charge in [0.2, 0.25) is 11.8 Å². The SMILES string of the molecule is C[C@@H](Sc1ccc([N+](=O)[O-])cc1)C(=O)N[C@@H]1CCC(=O)NC1. The lowest BCUT2D eigenvalue weighted by Crippen LogP contribution is -2.49. The monoisotopic (exact) mass is 323 g/mol. The van der Waals surface area contributed by atoms with Crippen molar-refractivity contribution in [3.63, 3.8) is 0 Å². The number of nitrogens with one attached hydrogen (secondary N) is 2. The fourth-order valence-corrected chi connectivity index (χ4v) is 2.96. The number of carbonyl (C=O) groups excluding carboxylic acids is 2. The number of nitro benzene ring substituents is 1. The van der Waals surface area contributed by atoms with Crippen molar-refractivity contribution in [1.82, 2.24) is 10.6 Å². The lowest BCUT2D eigenvalue weighted by molar-refractivity contribution is -0.384. The lowest BCUT2D eigenvalue weighted by atomic mass is 10.1. The molecule has 118 valence electrons. The largest absolute Gasteiger partial charge is 0.354 e. The summed E-state index contributed by atoms with van der Waals surface area (Å²) in [5.74, 6) is -0.0942. The van der Waals surface area contributed by atoms with Crippen molar-refractivity contribution in [2.24, 2.45) is 0 Å². The number of nitrogens with zero attached hydrogens (tertiary/aromatic N) is 1. The van der Waals surface area contributed by atoms with Gasteiger partial charge in [0.1, 0.15) is 0 Å². The van der Waals surface area contributed by atoms with E-state index in [0.29, 0.717) is 19.4 Å². The number of amides is 2. The molecule has 0 radical (unpaired) electrons. The molecular weight excluding hydrogens is 306 g/mol. The van der Waals surface area contributed by atoms with E-state index in [0.717, 1.165) is 4.90 Å². The molecule has 1 saturated heterocycles. The van der Waals surface area contributed by atoms with Crippen LogP contribution in [0.3, 0.4) is 0 Å². The molecule has 2 amide bonds. The third-order valence-electron chi connectivity index (χ3n) is 3.34. The van der Waals surface area contributed by atoms with E-state index in [9.17, 15) is 19.7 Å². The van der Waals surface area contributed by atoms with Gasteiger partial charge in [0, 0.05) is 36.0 Å². The van der Waals surface area contributed by atoms with Crippen LogP contribution < -0.4 is 10.6 Å². The standard InChI is InChI=1S/C14H17N3O4S/c1-9(14(19)16-10-2-7-13(18)15-8-10)22-12-5-3-11(4-6-12)17(20)21/h3-6,9-10H,2,7-8H2,1H3,(H,15,18)(H,16,19)/t9-,10-/m1/s1. The van der Waals surface area contributed by atoms with Gasteiger partial charge < -0.3 is 10.6 Å². The van der Waals surface area contributed by atoms with Crippen molar-refractivity contribution in [3.8, 4) is 0 Å². The summed E-state index contributed by atoms with van der Waals surface area (Å²) in [6.07, 6.45) is 1.07. The van der Waals surface area contributed by atoms with Crippen molar-refractivity contribution in [1.29, 1.82) is 0 Å². The number of carbonyl (C=O) groups is 2. The molecule has 2 N–H and O–H groups in total. The highest BCUT2D eigenvalue weighted by Crippen LogP contribution is 2.25. The van der Waals surface area contributed by atoms with Crippen LogP contribution in [0.1, 0.15) is 19.8 Å². The Morgan fingerprint density at radius 2 is 2.14 bits per heavy atom. The quantitative estimate of drug-likeness (QED) is 0.485. The van der Waals surface area contributed by atoms with E-state index in [1.807, 2.05) is 0 Å². The first-order valence-corrected chi connectivity index (χ1v) is 7.82. The second kappa shape index (κ2) is 7.26. The zero-order valence-corrected chi connectivity index (χ0v) is 12.9. The number of hydrogen-bond acceptors (Lipinski definition) is 5. The molecule has 22 heavy (non-hydrogen) atoms. The summed E-state index contributed by atoms with van der Waals surface area (Å²) in [7, 11) is 0. The van der Waals surface area contributed by atoms with E-state index in [2.05, 4.69) is 10.6 Å². The number of benzene rings is 1. The summed E-state index contributed by atoms with van der Waals surface area (Å²) in [6.45, 7) is 2.24. The van der Waals surface area contributed by atoms with Crippen LogP contribution in [-0.2, 0) is 9.59 Å². The van der Waals surface area contributed by atoms with Crippen LogP contribution in [0.25, 0.3) is 0 Å². The molecule has 0 bridgehead atoms. The van der Waals surface area contributed by atoms with Gasteiger partial charge in [-0.25, -0.2) is 0 Å². The third-order valence-corrected chi connectivity index (χ3v) is 4.45. The number of thioether (sulfide) groups is 1. The summed E-state index contributed by atoms with van der Waals surface area (Å²) in [5.41, 5.74) is 0.0272. The van der Waals surface area contributed by atoms with Crippen LogP contribution >= 0.6 is 11.8 Å². The van der Waals surface area contributed by atoms with Gasteiger partial charge in [0.05, 0.1) is 10.2 Å². The minimum absolute atomic E-state index is 0.0128. The van der Waals surface area contributed by atoms with Gasteiger partial charge in [-0.3, -0.25) is 19.7 Å². The predicted octanol–water partition coefficient (Wildman–Crippen LogP) is 1.47. The molecule has 0 aliphatic carbocycles. The van der Waals surface area contributed by atoms with Crippen molar-refractivity contribution < 1.29 is 14.5 Å². The van der Waals surface area contributed by atoms with Gasteiger partial charge >= 0.3 is 0 Å². The van der Waals surface area contributed by atoms with Crippen molar-refractivity contribution in [2.75, 3.05) is 6.54 Å². The molecule has 0 aromatic heterocycles. The Labute approximate surface area is 132 Å². The maximum Gasteiger partial charge on any atom is 0.269 e. The molecular formula is C14H17N3O4S. The highest BCUT2D eigenvalue weighted by molar-refractivity contribution is 8.00. The normalized spacial score (nSPS) is 19.1. The first-order valence-electron chi connectivity index (χ1n) is 6.94. The minimum Gasteiger partial charge on any atom is -0.354 e. The zero-order chi connectivity index (χ0) is 16.1. The average molecular weight is 323 g/mol. The molecule has 1 aliphatic heterocycles. The topological polar surface area (TPSA) is 101 Å². The van der Waals surface area contributed by atoms with E-state index in [1.54, 1.807) is 19.1 Å². The average Bonchev–Trinajstić information content (AvgIpc) is 2.50. The Hall–Kier alpha value is -2.09. The Bertz CT molecular complexity index is 566. The summed E-state index contributed by atoms with van der Waals surface area (Å²) >= 11 is 1.34. The molecule has 1 fully saturated rings. The molecule has 0 unspecified atom stereocenters. The molecule has 1 aromatic carbocycles. The molecule has 2 rings (SSSR count). The number of hydrogen-bond donors (Lipinski definition) is 2. The van der Waals surface area contributed by atoms with Crippen molar-refractivity contribution in [2.45, 2.75) is 36.0 Å². The predicted molar refractivity (Wildman–Crippen MR) is 82.6 cm³/mol. The van der Waals surface area contributed by atoms with Crippen LogP contribution in [0.5, 0.6) is 0 Å². The number of nitro groups is 1. The molecule has 1 heterocycles.